The summed E-state index contributed by atoms with van der Waals surface area (Å²) in [6.07, 6.45) is 10.7. The van der Waals surface area contributed by atoms with Gasteiger partial charge in [0, 0.05) is 44.1 Å². The predicted molar refractivity (Wildman–Crippen MR) is 99.7 cm³/mol. The minimum Gasteiger partial charge on any atom is -0.385 e. The molecule has 2 aromatic heterocycles. The highest BCUT2D eigenvalue weighted by Gasteiger charge is 2.28. The molecule has 1 unspecified atom stereocenters. The third-order valence-electron chi connectivity index (χ3n) is 5.35. The maximum Gasteiger partial charge on any atom is 0.137 e. The van der Waals surface area contributed by atoms with Gasteiger partial charge >= 0.3 is 0 Å². The minimum atomic E-state index is -0.466. The minimum absolute atomic E-state index is 0.288. The molecule has 1 aromatic carbocycles. The van der Waals surface area contributed by atoms with Crippen LogP contribution in [0.4, 0.5) is 0 Å². The van der Waals surface area contributed by atoms with Crippen molar-refractivity contribution in [3.63, 3.8) is 0 Å². The quantitative estimate of drug-likeness (QED) is 0.767. The first-order chi connectivity index (χ1) is 12.7. The maximum atomic E-state index is 10.6. The van der Waals surface area contributed by atoms with E-state index in [1.54, 1.807) is 12.4 Å². The van der Waals surface area contributed by atoms with Crippen molar-refractivity contribution in [2.75, 3.05) is 13.1 Å². The van der Waals surface area contributed by atoms with Crippen molar-refractivity contribution >= 4 is 0 Å². The Balaban J connectivity index is 1.32. The molecule has 0 amide bonds. The third kappa shape index (κ3) is 3.57. The second kappa shape index (κ2) is 7.43. The number of aromatic nitrogens is 4. The van der Waals surface area contributed by atoms with Gasteiger partial charge in [0.1, 0.15) is 11.9 Å². The molecule has 0 radical (unpaired) electrons. The highest BCUT2D eigenvalue weighted by molar-refractivity contribution is 5.34. The Morgan fingerprint density at radius 3 is 2.50 bits per heavy atom. The average Bonchev–Trinajstić information content (AvgIpc) is 3.34. The molecule has 6 nitrogen and oxygen atoms in total. The number of hydrogen-bond acceptors (Lipinski definition) is 4. The molecule has 0 aliphatic carbocycles. The highest BCUT2D eigenvalue weighted by Crippen LogP contribution is 2.30. The number of hydrogen-bond donors (Lipinski definition) is 1. The molecule has 6 heteroatoms. The fourth-order valence-electron chi connectivity index (χ4n) is 3.74. The molecule has 4 rings (SSSR count). The largest absolute Gasteiger partial charge is 0.385 e. The number of aliphatic hydroxyl groups excluding tert-OH is 1. The number of aryl methyl sites for hydroxylation is 1. The fourth-order valence-corrected chi connectivity index (χ4v) is 3.74. The van der Waals surface area contributed by atoms with Crippen molar-refractivity contribution < 1.29 is 5.11 Å². The molecule has 136 valence electrons. The molecule has 1 saturated heterocycles. The molecule has 0 saturated carbocycles. The summed E-state index contributed by atoms with van der Waals surface area (Å²) in [6.45, 7) is 2.97. The molecule has 0 bridgehead atoms. The van der Waals surface area contributed by atoms with E-state index in [4.69, 9.17) is 0 Å². The van der Waals surface area contributed by atoms with Crippen LogP contribution in [0.3, 0.4) is 0 Å². The first-order valence-electron chi connectivity index (χ1n) is 9.15. The van der Waals surface area contributed by atoms with Gasteiger partial charge in [0.2, 0.25) is 0 Å². The van der Waals surface area contributed by atoms with Crippen molar-refractivity contribution in [1.82, 2.24) is 24.0 Å². The van der Waals surface area contributed by atoms with Gasteiger partial charge in [-0.1, -0.05) is 12.1 Å². The van der Waals surface area contributed by atoms with Crippen LogP contribution >= 0.6 is 0 Å². The average molecular weight is 351 g/mol. The van der Waals surface area contributed by atoms with Gasteiger partial charge in [-0.15, -0.1) is 0 Å². The second-order valence-corrected chi connectivity index (χ2v) is 7.09. The lowest BCUT2D eigenvalue weighted by Gasteiger charge is -2.34. The van der Waals surface area contributed by atoms with Gasteiger partial charge in [-0.25, -0.2) is 9.97 Å². The van der Waals surface area contributed by atoms with Crippen LogP contribution in [-0.4, -0.2) is 42.2 Å². The first-order valence-corrected chi connectivity index (χ1v) is 9.15. The predicted octanol–water partition coefficient (Wildman–Crippen LogP) is 2.55. The number of piperidine rings is 1. The SMILES string of the molecule is Cn1ccnc1C(O)C1CCN(Cc2ccc(-n3ccnc3)cc2)CC1. The van der Waals surface area contributed by atoms with Crippen molar-refractivity contribution in [3.8, 4) is 5.69 Å². The monoisotopic (exact) mass is 351 g/mol. The summed E-state index contributed by atoms with van der Waals surface area (Å²) >= 11 is 0. The van der Waals surface area contributed by atoms with E-state index in [9.17, 15) is 5.11 Å². The van der Waals surface area contributed by atoms with Crippen LogP contribution in [0.1, 0.15) is 30.3 Å². The summed E-state index contributed by atoms with van der Waals surface area (Å²) < 4.78 is 3.92. The van der Waals surface area contributed by atoms with E-state index in [-0.39, 0.29) is 5.92 Å². The van der Waals surface area contributed by atoms with Crippen molar-refractivity contribution in [1.29, 1.82) is 0 Å². The molecule has 1 atom stereocenters. The zero-order valence-electron chi connectivity index (χ0n) is 15.1. The topological polar surface area (TPSA) is 59.1 Å². The second-order valence-electron chi connectivity index (χ2n) is 7.09. The lowest BCUT2D eigenvalue weighted by molar-refractivity contribution is 0.0492. The number of benzene rings is 1. The van der Waals surface area contributed by atoms with Gasteiger partial charge in [-0.05, 0) is 49.5 Å². The lowest BCUT2D eigenvalue weighted by Crippen LogP contribution is -2.35. The van der Waals surface area contributed by atoms with Gasteiger partial charge in [-0.2, -0.15) is 0 Å². The van der Waals surface area contributed by atoms with E-state index < -0.39 is 6.10 Å². The Bertz CT molecular complexity index is 816. The Kier molecular flexibility index (Phi) is 4.86. The lowest BCUT2D eigenvalue weighted by atomic mass is 9.90. The summed E-state index contributed by atoms with van der Waals surface area (Å²) in [6, 6.07) is 8.64. The Hall–Kier alpha value is -2.44. The van der Waals surface area contributed by atoms with Crippen LogP contribution in [0.2, 0.25) is 0 Å². The summed E-state index contributed by atoms with van der Waals surface area (Å²) in [7, 11) is 1.94. The maximum absolute atomic E-state index is 10.6. The summed E-state index contributed by atoms with van der Waals surface area (Å²) in [5, 5.41) is 10.6. The normalized spacial score (nSPS) is 17.5. The first kappa shape index (κ1) is 17.0. The van der Waals surface area contributed by atoms with Crippen molar-refractivity contribution in [2.45, 2.75) is 25.5 Å². The number of imidazole rings is 2. The number of nitrogens with zero attached hydrogens (tertiary/aromatic N) is 5. The summed E-state index contributed by atoms with van der Waals surface area (Å²) in [5.41, 5.74) is 2.44. The standard InChI is InChI=1S/C20H25N5O/c1-23-12-9-22-20(23)19(26)17-6-10-24(11-7-17)14-16-2-4-18(5-3-16)25-13-8-21-15-25/h2-5,8-9,12-13,15,17,19,26H,6-7,10-11,14H2,1H3. The van der Waals surface area contributed by atoms with E-state index in [0.29, 0.717) is 0 Å². The van der Waals surface area contributed by atoms with Crippen molar-refractivity contribution in [2.24, 2.45) is 13.0 Å². The zero-order valence-corrected chi connectivity index (χ0v) is 15.1. The van der Waals surface area contributed by atoms with E-state index >= 15 is 0 Å². The molecular weight excluding hydrogens is 326 g/mol. The molecule has 1 aliphatic rings. The van der Waals surface area contributed by atoms with Gasteiger partial charge < -0.3 is 14.2 Å². The Labute approximate surface area is 153 Å². The van der Waals surface area contributed by atoms with E-state index in [2.05, 4.69) is 39.1 Å². The summed E-state index contributed by atoms with van der Waals surface area (Å²) in [4.78, 5) is 10.9. The van der Waals surface area contributed by atoms with Crippen LogP contribution < -0.4 is 0 Å². The van der Waals surface area contributed by atoms with E-state index in [0.717, 1.165) is 44.0 Å². The molecule has 3 heterocycles. The highest BCUT2D eigenvalue weighted by atomic mass is 16.3. The van der Waals surface area contributed by atoms with Crippen LogP contribution in [0.5, 0.6) is 0 Å². The van der Waals surface area contributed by atoms with Gasteiger partial charge in [-0.3, -0.25) is 4.90 Å². The van der Waals surface area contributed by atoms with Crippen LogP contribution in [0.25, 0.3) is 5.69 Å². The zero-order chi connectivity index (χ0) is 17.9. The number of aliphatic hydroxyl groups is 1. The van der Waals surface area contributed by atoms with Crippen LogP contribution in [0.15, 0.2) is 55.4 Å². The molecule has 3 aromatic rings. The molecule has 0 spiro atoms. The molecule has 26 heavy (non-hydrogen) atoms. The molecular formula is C20H25N5O. The number of rotatable bonds is 5. The molecule has 1 aliphatic heterocycles. The van der Waals surface area contributed by atoms with E-state index in [1.807, 2.05) is 34.9 Å². The Morgan fingerprint density at radius 1 is 1.12 bits per heavy atom. The van der Waals surface area contributed by atoms with Crippen LogP contribution in [-0.2, 0) is 13.6 Å². The molecule has 1 fully saturated rings. The van der Waals surface area contributed by atoms with Gasteiger partial charge in [0.25, 0.3) is 0 Å². The fraction of sp³-hybridized carbons (Fsp3) is 0.400. The number of likely N-dealkylation sites (tertiary alicyclic amines) is 1. The molecule has 1 N–H and O–H groups in total. The smallest absolute Gasteiger partial charge is 0.137 e. The van der Waals surface area contributed by atoms with Crippen molar-refractivity contribution in [3.05, 3.63) is 66.8 Å². The van der Waals surface area contributed by atoms with Gasteiger partial charge in [0.15, 0.2) is 0 Å². The summed E-state index contributed by atoms with van der Waals surface area (Å²) in [5.74, 6) is 1.06. The van der Waals surface area contributed by atoms with E-state index in [1.165, 1.54) is 5.56 Å². The Morgan fingerprint density at radius 2 is 1.88 bits per heavy atom. The van der Waals surface area contributed by atoms with Gasteiger partial charge in [0.05, 0.1) is 6.33 Å². The third-order valence-corrected chi connectivity index (χ3v) is 5.35. The van der Waals surface area contributed by atoms with Crippen LogP contribution in [0, 0.1) is 5.92 Å².